The molecule has 3 rings (SSSR count). The number of nitrogens with two attached hydrogens (primary N) is 2. The average molecular weight is 364 g/mol. The average Bonchev–Trinajstić information content (AvgIpc) is 2.99. The van der Waals surface area contributed by atoms with Gasteiger partial charge in [-0.15, -0.1) is 0 Å². The number of amides is 1. The van der Waals surface area contributed by atoms with Gasteiger partial charge in [0.2, 0.25) is 5.91 Å². The maximum Gasteiger partial charge on any atom is 0.240 e. The minimum absolute atomic E-state index is 0.0773. The maximum absolute atomic E-state index is 12.7. The third-order valence-electron chi connectivity index (χ3n) is 4.31. The van der Waals surface area contributed by atoms with Crippen LogP contribution < -0.4 is 11.5 Å². The van der Waals surface area contributed by atoms with Crippen molar-refractivity contribution in [2.24, 2.45) is 11.5 Å². The Morgan fingerprint density at radius 3 is 2.58 bits per heavy atom. The molecule has 126 valence electrons. The first-order valence-electron chi connectivity index (χ1n) is 7.77. The van der Waals surface area contributed by atoms with E-state index >= 15 is 0 Å². The summed E-state index contributed by atoms with van der Waals surface area (Å²) in [5, 5.41) is 1.09. The summed E-state index contributed by atoms with van der Waals surface area (Å²) < 4.78 is 0. The fourth-order valence-corrected chi connectivity index (χ4v) is 3.46. The lowest BCUT2D eigenvalue weighted by atomic mass is 10.1. The van der Waals surface area contributed by atoms with E-state index in [1.54, 1.807) is 17.0 Å². The molecule has 6 heteroatoms. The molecule has 4 nitrogen and oxygen atoms in total. The molecular weight excluding hydrogens is 345 g/mol. The summed E-state index contributed by atoms with van der Waals surface area (Å²) >= 11 is 12.1. The Balaban J connectivity index is 1.68. The highest BCUT2D eigenvalue weighted by atomic mass is 35.5. The third kappa shape index (κ3) is 3.57. The van der Waals surface area contributed by atoms with Gasteiger partial charge in [-0.3, -0.25) is 4.79 Å². The number of carbonyl (C=O) groups excluding carboxylic acids is 1. The Bertz CT molecular complexity index is 779. The van der Waals surface area contributed by atoms with Gasteiger partial charge in [0.15, 0.2) is 0 Å². The van der Waals surface area contributed by atoms with Gasteiger partial charge < -0.3 is 16.4 Å². The number of halogens is 2. The molecule has 2 aromatic carbocycles. The predicted molar refractivity (Wildman–Crippen MR) is 96.7 cm³/mol. The summed E-state index contributed by atoms with van der Waals surface area (Å²) in [6.45, 7) is 1.65. The second-order valence-electron chi connectivity index (χ2n) is 6.05. The Kier molecular flexibility index (Phi) is 5.11. The Morgan fingerprint density at radius 2 is 1.88 bits per heavy atom. The number of carbonyl (C=O) groups is 1. The largest absolute Gasteiger partial charge is 0.333 e. The van der Waals surface area contributed by atoms with Crippen LogP contribution in [-0.4, -0.2) is 16.8 Å². The van der Waals surface area contributed by atoms with Crippen LogP contribution in [0.15, 0.2) is 36.4 Å². The van der Waals surface area contributed by atoms with Gasteiger partial charge >= 0.3 is 0 Å². The highest BCUT2D eigenvalue weighted by molar-refractivity contribution is 6.35. The Hall–Kier alpha value is -1.59. The zero-order valence-corrected chi connectivity index (χ0v) is 14.6. The van der Waals surface area contributed by atoms with Crippen molar-refractivity contribution < 1.29 is 4.79 Å². The lowest BCUT2D eigenvalue weighted by molar-refractivity contribution is -0.133. The molecule has 0 saturated heterocycles. The molecule has 4 N–H and O–H groups in total. The van der Waals surface area contributed by atoms with Crippen molar-refractivity contribution in [3.63, 3.8) is 0 Å². The molecule has 0 spiro atoms. The zero-order chi connectivity index (χ0) is 17.3. The summed E-state index contributed by atoms with van der Waals surface area (Å²) in [6, 6.07) is 10.7. The number of hydrogen-bond acceptors (Lipinski definition) is 3. The number of fused-ring (bicyclic) bond motifs is 1. The first kappa shape index (κ1) is 17.2. The van der Waals surface area contributed by atoms with Crippen molar-refractivity contribution in [3.8, 4) is 0 Å². The molecule has 1 aliphatic heterocycles. The van der Waals surface area contributed by atoms with E-state index in [9.17, 15) is 4.79 Å². The molecule has 24 heavy (non-hydrogen) atoms. The summed E-state index contributed by atoms with van der Waals surface area (Å²) in [4.78, 5) is 14.4. The summed E-state index contributed by atoms with van der Waals surface area (Å²) in [5.74, 6) is -0.0773. The van der Waals surface area contributed by atoms with E-state index in [1.807, 2.05) is 18.2 Å². The van der Waals surface area contributed by atoms with E-state index in [0.29, 0.717) is 36.1 Å². The molecule has 1 heterocycles. The van der Waals surface area contributed by atoms with E-state index < -0.39 is 6.04 Å². The molecule has 1 atom stereocenters. The molecular formula is C18H19Cl2N3O. The molecule has 0 radical (unpaired) electrons. The predicted octanol–water partition coefficient (Wildman–Crippen LogP) is 2.86. The normalized spacial score (nSPS) is 14.6. The number of rotatable bonds is 4. The Morgan fingerprint density at radius 1 is 1.12 bits per heavy atom. The first-order chi connectivity index (χ1) is 11.5. The summed E-state index contributed by atoms with van der Waals surface area (Å²) in [7, 11) is 0. The molecule has 1 aliphatic rings. The van der Waals surface area contributed by atoms with Crippen molar-refractivity contribution in [3.05, 3.63) is 68.7 Å². The standard InChI is InChI=1S/C18H19Cl2N3O/c19-15-4-3-12(16(20)7-15)6-17(22)18(24)23-9-13-2-1-11(8-21)5-14(13)10-23/h1-5,7,17H,6,8-10,21-22H2/t17-/m1/s1. The smallest absolute Gasteiger partial charge is 0.240 e. The van der Waals surface area contributed by atoms with Crippen LogP contribution in [0.4, 0.5) is 0 Å². The third-order valence-corrected chi connectivity index (χ3v) is 4.90. The van der Waals surface area contributed by atoms with Gasteiger partial charge in [-0.1, -0.05) is 47.5 Å². The van der Waals surface area contributed by atoms with Gasteiger partial charge in [0, 0.05) is 29.7 Å². The van der Waals surface area contributed by atoms with Crippen LogP contribution in [0.3, 0.4) is 0 Å². The van der Waals surface area contributed by atoms with E-state index in [-0.39, 0.29) is 5.91 Å². The fraction of sp³-hybridized carbons (Fsp3) is 0.278. The second-order valence-corrected chi connectivity index (χ2v) is 6.89. The molecule has 0 unspecified atom stereocenters. The topological polar surface area (TPSA) is 72.3 Å². The van der Waals surface area contributed by atoms with Gasteiger partial charge in [-0.2, -0.15) is 0 Å². The SMILES string of the molecule is NCc1ccc2c(c1)CN(C(=O)[C@H](N)Cc1ccc(Cl)cc1Cl)C2. The molecule has 0 bridgehead atoms. The van der Waals surface area contributed by atoms with E-state index in [1.165, 1.54) is 0 Å². The lowest BCUT2D eigenvalue weighted by Crippen LogP contribution is -2.42. The minimum atomic E-state index is -0.632. The first-order valence-corrected chi connectivity index (χ1v) is 8.52. The van der Waals surface area contributed by atoms with Crippen LogP contribution in [0.2, 0.25) is 10.0 Å². The van der Waals surface area contributed by atoms with Crippen LogP contribution in [0.25, 0.3) is 0 Å². The highest BCUT2D eigenvalue weighted by Gasteiger charge is 2.27. The van der Waals surface area contributed by atoms with Crippen LogP contribution >= 0.6 is 23.2 Å². The van der Waals surface area contributed by atoms with Crippen LogP contribution in [0.5, 0.6) is 0 Å². The summed E-state index contributed by atoms with van der Waals surface area (Å²) in [6.07, 6.45) is 0.385. The lowest BCUT2D eigenvalue weighted by Gasteiger charge is -2.20. The monoisotopic (exact) mass is 363 g/mol. The van der Waals surface area contributed by atoms with Crippen LogP contribution in [-0.2, 0) is 30.8 Å². The number of nitrogens with zero attached hydrogens (tertiary/aromatic N) is 1. The summed E-state index contributed by atoms with van der Waals surface area (Å²) in [5.41, 5.74) is 16.0. The van der Waals surface area contributed by atoms with E-state index in [0.717, 1.165) is 22.3 Å². The number of hydrogen-bond donors (Lipinski definition) is 2. The molecule has 1 amide bonds. The Labute approximate surface area is 151 Å². The van der Waals surface area contributed by atoms with Crippen LogP contribution in [0, 0.1) is 0 Å². The van der Waals surface area contributed by atoms with E-state index in [4.69, 9.17) is 34.7 Å². The maximum atomic E-state index is 12.7. The van der Waals surface area contributed by atoms with Gasteiger partial charge in [-0.05, 0) is 40.8 Å². The van der Waals surface area contributed by atoms with Crippen molar-refractivity contribution in [2.45, 2.75) is 32.1 Å². The quantitative estimate of drug-likeness (QED) is 0.876. The fourth-order valence-electron chi connectivity index (χ4n) is 2.98. The minimum Gasteiger partial charge on any atom is -0.333 e. The number of benzene rings is 2. The zero-order valence-electron chi connectivity index (χ0n) is 13.1. The van der Waals surface area contributed by atoms with Crippen molar-refractivity contribution in [1.29, 1.82) is 0 Å². The second kappa shape index (κ2) is 7.11. The van der Waals surface area contributed by atoms with Crippen molar-refractivity contribution in [1.82, 2.24) is 4.90 Å². The van der Waals surface area contributed by atoms with Gasteiger partial charge in [0.05, 0.1) is 6.04 Å². The van der Waals surface area contributed by atoms with Crippen molar-refractivity contribution in [2.75, 3.05) is 0 Å². The molecule has 0 fully saturated rings. The molecule has 0 aromatic heterocycles. The highest BCUT2D eigenvalue weighted by Crippen LogP contribution is 2.26. The van der Waals surface area contributed by atoms with E-state index in [2.05, 4.69) is 6.07 Å². The van der Waals surface area contributed by atoms with Crippen molar-refractivity contribution >= 4 is 29.1 Å². The van der Waals surface area contributed by atoms with Gasteiger partial charge in [0.1, 0.15) is 0 Å². The molecule has 2 aromatic rings. The molecule has 0 saturated carbocycles. The molecule has 0 aliphatic carbocycles. The van der Waals surface area contributed by atoms with Gasteiger partial charge in [0.25, 0.3) is 0 Å². The van der Waals surface area contributed by atoms with Gasteiger partial charge in [-0.25, -0.2) is 0 Å². The van der Waals surface area contributed by atoms with Crippen LogP contribution in [0.1, 0.15) is 22.3 Å².